The number of sulfonamides is 1. The zero-order chi connectivity index (χ0) is 21.0. The standard InChI is InChI=1S/C22H27N3O4S/c26-22(23-18-9-11-19(12-10-18)24-14-16-29-17-15-24)21-8-4-5-13-25(21)30(27,28)20-6-2-1-3-7-20/h1-3,6-7,9-12,21H,4-5,8,13-17H2,(H,23,26)/t21-/m1/s1. The Morgan fingerprint density at radius 2 is 1.63 bits per heavy atom. The summed E-state index contributed by atoms with van der Waals surface area (Å²) in [6, 6.07) is 15.3. The molecule has 30 heavy (non-hydrogen) atoms. The Balaban J connectivity index is 1.47. The molecule has 2 aromatic carbocycles. The summed E-state index contributed by atoms with van der Waals surface area (Å²) < 4.78 is 32.9. The molecule has 2 aliphatic heterocycles. The summed E-state index contributed by atoms with van der Waals surface area (Å²) in [5.41, 5.74) is 1.75. The molecule has 2 fully saturated rings. The smallest absolute Gasteiger partial charge is 0.243 e. The van der Waals surface area contributed by atoms with Gasteiger partial charge in [-0.05, 0) is 49.2 Å². The van der Waals surface area contributed by atoms with Crippen molar-refractivity contribution in [3.05, 3.63) is 54.6 Å². The second kappa shape index (κ2) is 9.16. The zero-order valence-corrected chi connectivity index (χ0v) is 17.7. The minimum absolute atomic E-state index is 0.222. The van der Waals surface area contributed by atoms with Crippen molar-refractivity contribution in [2.75, 3.05) is 43.1 Å². The number of carbonyl (C=O) groups excluding carboxylic acids is 1. The number of morpholine rings is 1. The van der Waals surface area contributed by atoms with Gasteiger partial charge in [-0.1, -0.05) is 24.6 Å². The molecule has 2 aromatic rings. The summed E-state index contributed by atoms with van der Waals surface area (Å²) in [5.74, 6) is -0.284. The predicted molar refractivity (Wildman–Crippen MR) is 116 cm³/mol. The Labute approximate surface area is 177 Å². The van der Waals surface area contributed by atoms with Gasteiger partial charge in [-0.3, -0.25) is 4.79 Å². The molecule has 0 radical (unpaired) electrons. The van der Waals surface area contributed by atoms with E-state index in [1.54, 1.807) is 30.3 Å². The van der Waals surface area contributed by atoms with Crippen LogP contribution in [0.4, 0.5) is 11.4 Å². The highest BCUT2D eigenvalue weighted by atomic mass is 32.2. The van der Waals surface area contributed by atoms with Crippen molar-refractivity contribution in [2.24, 2.45) is 0 Å². The first-order chi connectivity index (χ1) is 14.6. The SMILES string of the molecule is O=C(Nc1ccc(N2CCOCC2)cc1)[C@H]1CCCCN1S(=O)(=O)c1ccccc1. The van der Waals surface area contributed by atoms with Gasteiger partial charge >= 0.3 is 0 Å². The largest absolute Gasteiger partial charge is 0.378 e. The number of benzene rings is 2. The lowest BCUT2D eigenvalue weighted by Crippen LogP contribution is -2.49. The van der Waals surface area contributed by atoms with Crippen LogP contribution in [0.2, 0.25) is 0 Å². The highest BCUT2D eigenvalue weighted by Gasteiger charge is 2.37. The van der Waals surface area contributed by atoms with E-state index in [0.717, 1.165) is 31.6 Å². The Kier molecular flexibility index (Phi) is 6.36. The molecule has 2 saturated heterocycles. The molecule has 0 saturated carbocycles. The average Bonchev–Trinajstić information content (AvgIpc) is 2.81. The quantitative estimate of drug-likeness (QED) is 0.791. The predicted octanol–water partition coefficient (Wildman–Crippen LogP) is 2.71. The molecule has 4 rings (SSSR count). The number of hydrogen-bond acceptors (Lipinski definition) is 5. The van der Waals surface area contributed by atoms with Gasteiger partial charge in [0.25, 0.3) is 0 Å². The van der Waals surface area contributed by atoms with Crippen LogP contribution in [0.25, 0.3) is 0 Å². The topological polar surface area (TPSA) is 79.0 Å². The fraction of sp³-hybridized carbons (Fsp3) is 0.409. The average molecular weight is 430 g/mol. The van der Waals surface area contributed by atoms with Gasteiger partial charge in [-0.25, -0.2) is 8.42 Å². The number of carbonyl (C=O) groups is 1. The fourth-order valence-electron chi connectivity index (χ4n) is 3.99. The van der Waals surface area contributed by atoms with Gasteiger partial charge < -0.3 is 15.0 Å². The monoisotopic (exact) mass is 429 g/mol. The van der Waals surface area contributed by atoms with E-state index in [2.05, 4.69) is 10.2 Å². The molecule has 1 amide bonds. The van der Waals surface area contributed by atoms with Crippen LogP contribution in [0.5, 0.6) is 0 Å². The molecule has 7 nitrogen and oxygen atoms in total. The summed E-state index contributed by atoms with van der Waals surface area (Å²) >= 11 is 0. The first kappa shape index (κ1) is 20.8. The highest BCUT2D eigenvalue weighted by Crippen LogP contribution is 2.27. The van der Waals surface area contributed by atoms with Crippen molar-refractivity contribution in [1.29, 1.82) is 0 Å². The van der Waals surface area contributed by atoms with E-state index >= 15 is 0 Å². The third kappa shape index (κ3) is 4.50. The van der Waals surface area contributed by atoms with E-state index in [1.807, 2.05) is 24.3 Å². The van der Waals surface area contributed by atoms with E-state index in [4.69, 9.17) is 4.74 Å². The fourth-order valence-corrected chi connectivity index (χ4v) is 5.66. The Bertz CT molecular complexity index is 958. The molecule has 0 aliphatic carbocycles. The molecule has 2 aliphatic rings. The number of nitrogens with zero attached hydrogens (tertiary/aromatic N) is 2. The third-order valence-corrected chi connectivity index (χ3v) is 7.54. The van der Waals surface area contributed by atoms with Gasteiger partial charge in [-0.15, -0.1) is 0 Å². The van der Waals surface area contributed by atoms with Crippen LogP contribution in [0.15, 0.2) is 59.5 Å². The molecule has 8 heteroatoms. The Hall–Kier alpha value is -2.42. The summed E-state index contributed by atoms with van der Waals surface area (Å²) in [6.45, 7) is 3.48. The number of ether oxygens (including phenoxy) is 1. The summed E-state index contributed by atoms with van der Waals surface area (Å²) in [7, 11) is -3.72. The molecule has 1 N–H and O–H groups in total. The van der Waals surface area contributed by atoms with Crippen molar-refractivity contribution in [3.63, 3.8) is 0 Å². The summed E-state index contributed by atoms with van der Waals surface area (Å²) in [5, 5.41) is 2.91. The molecular formula is C22H27N3O4S. The molecule has 160 valence electrons. The number of anilines is 2. The van der Waals surface area contributed by atoms with Crippen LogP contribution in [0, 0.1) is 0 Å². The molecule has 2 heterocycles. The Morgan fingerprint density at radius 3 is 2.33 bits per heavy atom. The van der Waals surface area contributed by atoms with Crippen LogP contribution in [-0.2, 0) is 19.6 Å². The van der Waals surface area contributed by atoms with Crippen LogP contribution in [0.1, 0.15) is 19.3 Å². The molecule has 0 aromatic heterocycles. The number of amides is 1. The number of rotatable bonds is 5. The van der Waals surface area contributed by atoms with E-state index in [0.29, 0.717) is 31.9 Å². The lowest BCUT2D eigenvalue weighted by atomic mass is 10.0. The van der Waals surface area contributed by atoms with Gasteiger partial charge in [-0.2, -0.15) is 4.31 Å². The number of nitrogens with one attached hydrogen (secondary N) is 1. The second-order valence-corrected chi connectivity index (χ2v) is 9.47. The van der Waals surface area contributed by atoms with E-state index in [-0.39, 0.29) is 10.8 Å². The van der Waals surface area contributed by atoms with Crippen molar-refractivity contribution >= 4 is 27.3 Å². The third-order valence-electron chi connectivity index (χ3n) is 5.62. The number of hydrogen-bond donors (Lipinski definition) is 1. The molecular weight excluding hydrogens is 402 g/mol. The van der Waals surface area contributed by atoms with Crippen molar-refractivity contribution in [3.8, 4) is 0 Å². The van der Waals surface area contributed by atoms with Crippen molar-refractivity contribution in [2.45, 2.75) is 30.2 Å². The van der Waals surface area contributed by atoms with Crippen LogP contribution >= 0.6 is 0 Å². The summed E-state index contributed by atoms with van der Waals surface area (Å²) in [4.78, 5) is 15.5. The van der Waals surface area contributed by atoms with Gasteiger partial charge in [0, 0.05) is 31.0 Å². The van der Waals surface area contributed by atoms with Gasteiger partial charge in [0.1, 0.15) is 6.04 Å². The minimum Gasteiger partial charge on any atom is -0.378 e. The maximum absolute atomic E-state index is 13.1. The van der Waals surface area contributed by atoms with Gasteiger partial charge in [0.2, 0.25) is 15.9 Å². The molecule has 1 atom stereocenters. The van der Waals surface area contributed by atoms with E-state index in [9.17, 15) is 13.2 Å². The second-order valence-electron chi connectivity index (χ2n) is 7.58. The number of piperidine rings is 1. The summed E-state index contributed by atoms with van der Waals surface area (Å²) in [6.07, 6.45) is 2.10. The highest BCUT2D eigenvalue weighted by molar-refractivity contribution is 7.89. The van der Waals surface area contributed by atoms with Crippen molar-refractivity contribution in [1.82, 2.24) is 4.31 Å². The van der Waals surface area contributed by atoms with Gasteiger partial charge in [0.05, 0.1) is 18.1 Å². The first-order valence-electron chi connectivity index (χ1n) is 10.4. The zero-order valence-electron chi connectivity index (χ0n) is 16.9. The maximum atomic E-state index is 13.1. The maximum Gasteiger partial charge on any atom is 0.243 e. The van der Waals surface area contributed by atoms with Crippen LogP contribution in [-0.4, -0.2) is 57.5 Å². The molecule has 0 bridgehead atoms. The lowest BCUT2D eigenvalue weighted by molar-refractivity contribution is -0.120. The van der Waals surface area contributed by atoms with Crippen LogP contribution < -0.4 is 10.2 Å². The van der Waals surface area contributed by atoms with E-state index in [1.165, 1.54) is 4.31 Å². The Morgan fingerprint density at radius 1 is 0.933 bits per heavy atom. The van der Waals surface area contributed by atoms with Crippen LogP contribution in [0.3, 0.4) is 0 Å². The van der Waals surface area contributed by atoms with Crippen molar-refractivity contribution < 1.29 is 17.9 Å². The first-order valence-corrected chi connectivity index (χ1v) is 11.8. The minimum atomic E-state index is -3.72. The van der Waals surface area contributed by atoms with E-state index < -0.39 is 16.1 Å². The lowest BCUT2D eigenvalue weighted by Gasteiger charge is -2.33. The normalized spacial score (nSPS) is 20.7. The van der Waals surface area contributed by atoms with Gasteiger partial charge in [0.15, 0.2) is 0 Å². The molecule has 0 unspecified atom stereocenters. The molecule has 0 spiro atoms.